The van der Waals surface area contributed by atoms with Gasteiger partial charge in [-0.15, -0.1) is 0 Å². The second-order valence-electron chi connectivity index (χ2n) is 5.13. The summed E-state index contributed by atoms with van der Waals surface area (Å²) >= 11 is 3.46. The molecule has 1 unspecified atom stereocenters. The maximum absolute atomic E-state index is 10.8. The van der Waals surface area contributed by atoms with E-state index in [1.807, 2.05) is 12.1 Å². The second-order valence-corrected chi connectivity index (χ2v) is 6.04. The van der Waals surface area contributed by atoms with Crippen molar-refractivity contribution < 1.29 is 9.90 Å². The lowest BCUT2D eigenvalue weighted by Crippen LogP contribution is -2.39. The predicted octanol–water partition coefficient (Wildman–Crippen LogP) is 4.32. The van der Waals surface area contributed by atoms with Crippen molar-refractivity contribution in [3.63, 3.8) is 0 Å². The number of piperidine rings is 1. The van der Waals surface area contributed by atoms with Gasteiger partial charge in [-0.1, -0.05) is 22.9 Å². The lowest BCUT2D eigenvalue weighted by atomic mass is 9.98. The highest BCUT2D eigenvalue weighted by Crippen LogP contribution is 2.31. The van der Waals surface area contributed by atoms with Crippen LogP contribution < -0.4 is 4.90 Å². The molecule has 0 aliphatic carbocycles. The standard InChI is InChI=1S/C16H20BrNO2/c1-2-14-5-3-4-10-18(14)15-8-7-13(17)11-12(15)6-9-16(19)20/h6-9,11,14H,2-5,10H2,1H3,(H,19,20)/b9-6+. The first-order valence-electron chi connectivity index (χ1n) is 7.09. The molecule has 1 saturated heterocycles. The summed E-state index contributed by atoms with van der Waals surface area (Å²) in [7, 11) is 0. The van der Waals surface area contributed by atoms with Crippen molar-refractivity contribution in [3.05, 3.63) is 34.3 Å². The zero-order chi connectivity index (χ0) is 14.5. The van der Waals surface area contributed by atoms with E-state index >= 15 is 0 Å². The second kappa shape index (κ2) is 6.93. The third-order valence-corrected chi connectivity index (χ3v) is 4.30. The Balaban J connectivity index is 2.36. The number of rotatable bonds is 4. The van der Waals surface area contributed by atoms with Gasteiger partial charge in [-0.2, -0.15) is 0 Å². The third kappa shape index (κ3) is 3.63. The summed E-state index contributed by atoms with van der Waals surface area (Å²) in [6.07, 6.45) is 7.72. The third-order valence-electron chi connectivity index (χ3n) is 3.80. The first kappa shape index (κ1) is 15.1. The molecule has 1 fully saturated rings. The van der Waals surface area contributed by atoms with Crippen molar-refractivity contribution in [2.24, 2.45) is 0 Å². The summed E-state index contributed by atoms with van der Waals surface area (Å²) in [5.41, 5.74) is 2.10. The van der Waals surface area contributed by atoms with Crippen LogP contribution in [0, 0.1) is 0 Å². The van der Waals surface area contributed by atoms with Gasteiger partial charge in [0.1, 0.15) is 0 Å². The fraction of sp³-hybridized carbons (Fsp3) is 0.438. The van der Waals surface area contributed by atoms with Crippen LogP contribution in [0.2, 0.25) is 0 Å². The van der Waals surface area contributed by atoms with Crippen LogP contribution in [0.5, 0.6) is 0 Å². The minimum absolute atomic E-state index is 0.557. The van der Waals surface area contributed by atoms with E-state index in [1.54, 1.807) is 6.08 Å². The molecule has 4 heteroatoms. The molecule has 1 N–H and O–H groups in total. The van der Waals surface area contributed by atoms with E-state index in [4.69, 9.17) is 5.11 Å². The zero-order valence-electron chi connectivity index (χ0n) is 11.7. The van der Waals surface area contributed by atoms with Crippen molar-refractivity contribution >= 4 is 33.7 Å². The number of hydrogen-bond acceptors (Lipinski definition) is 2. The maximum atomic E-state index is 10.8. The SMILES string of the molecule is CCC1CCCCN1c1ccc(Br)cc1/C=C/C(=O)O. The van der Waals surface area contributed by atoms with Gasteiger partial charge in [0.25, 0.3) is 0 Å². The Bertz CT molecular complexity index is 513. The number of anilines is 1. The number of carbonyl (C=O) groups is 1. The minimum atomic E-state index is -0.915. The highest BCUT2D eigenvalue weighted by molar-refractivity contribution is 9.10. The van der Waals surface area contributed by atoms with E-state index in [0.29, 0.717) is 6.04 Å². The number of hydrogen-bond donors (Lipinski definition) is 1. The van der Waals surface area contributed by atoms with Crippen LogP contribution in [0.4, 0.5) is 5.69 Å². The van der Waals surface area contributed by atoms with E-state index in [9.17, 15) is 4.79 Å². The van der Waals surface area contributed by atoms with Gasteiger partial charge < -0.3 is 10.0 Å². The van der Waals surface area contributed by atoms with E-state index in [2.05, 4.69) is 33.8 Å². The van der Waals surface area contributed by atoms with Crippen molar-refractivity contribution in [1.29, 1.82) is 0 Å². The molecule has 1 atom stereocenters. The minimum Gasteiger partial charge on any atom is -0.478 e. The maximum Gasteiger partial charge on any atom is 0.328 e. The monoisotopic (exact) mass is 337 g/mol. The van der Waals surface area contributed by atoms with Gasteiger partial charge in [0.2, 0.25) is 0 Å². The Morgan fingerprint density at radius 1 is 1.50 bits per heavy atom. The van der Waals surface area contributed by atoms with Crippen molar-refractivity contribution in [3.8, 4) is 0 Å². The van der Waals surface area contributed by atoms with Crippen LogP contribution >= 0.6 is 15.9 Å². The van der Waals surface area contributed by atoms with Gasteiger partial charge in [-0.3, -0.25) is 0 Å². The first-order valence-corrected chi connectivity index (χ1v) is 7.88. The molecule has 0 bridgehead atoms. The van der Waals surface area contributed by atoms with Gasteiger partial charge in [-0.25, -0.2) is 4.79 Å². The average molecular weight is 338 g/mol. The van der Waals surface area contributed by atoms with Crippen LogP contribution in [0.25, 0.3) is 6.08 Å². The number of halogens is 1. The molecular formula is C16H20BrNO2. The van der Waals surface area contributed by atoms with Crippen LogP contribution in [-0.4, -0.2) is 23.7 Å². The fourth-order valence-corrected chi connectivity index (χ4v) is 3.20. The zero-order valence-corrected chi connectivity index (χ0v) is 13.3. The Morgan fingerprint density at radius 3 is 3.00 bits per heavy atom. The molecule has 20 heavy (non-hydrogen) atoms. The lowest BCUT2D eigenvalue weighted by Gasteiger charge is -2.38. The van der Waals surface area contributed by atoms with E-state index < -0.39 is 5.97 Å². The van der Waals surface area contributed by atoms with Crippen LogP contribution in [0.15, 0.2) is 28.7 Å². The molecule has 0 saturated carbocycles. The van der Waals surface area contributed by atoms with Crippen LogP contribution in [0.1, 0.15) is 38.2 Å². The van der Waals surface area contributed by atoms with Gasteiger partial charge in [0, 0.05) is 28.8 Å². The van der Waals surface area contributed by atoms with Crippen LogP contribution in [-0.2, 0) is 4.79 Å². The van der Waals surface area contributed by atoms with Crippen molar-refractivity contribution in [2.75, 3.05) is 11.4 Å². The highest BCUT2D eigenvalue weighted by Gasteiger charge is 2.22. The highest BCUT2D eigenvalue weighted by atomic mass is 79.9. The lowest BCUT2D eigenvalue weighted by molar-refractivity contribution is -0.131. The number of benzene rings is 1. The number of carboxylic acid groups (broad SMARTS) is 1. The summed E-state index contributed by atoms with van der Waals surface area (Å²) in [5, 5.41) is 8.83. The number of carboxylic acids is 1. The van der Waals surface area contributed by atoms with Crippen molar-refractivity contribution in [2.45, 2.75) is 38.6 Å². The number of nitrogens with zero attached hydrogens (tertiary/aromatic N) is 1. The molecule has 0 radical (unpaired) electrons. The molecule has 1 aliphatic heterocycles. The van der Waals surface area contributed by atoms with Crippen molar-refractivity contribution in [1.82, 2.24) is 0 Å². The van der Waals surface area contributed by atoms with Gasteiger partial charge in [0.05, 0.1) is 0 Å². The van der Waals surface area contributed by atoms with Crippen LogP contribution in [0.3, 0.4) is 0 Å². The average Bonchev–Trinajstić information content (AvgIpc) is 2.45. The molecule has 0 spiro atoms. The van der Waals surface area contributed by atoms with Gasteiger partial charge >= 0.3 is 5.97 Å². The summed E-state index contributed by atoms with van der Waals surface area (Å²) in [6, 6.07) is 6.65. The smallest absolute Gasteiger partial charge is 0.328 e. The summed E-state index contributed by atoms with van der Waals surface area (Å²) < 4.78 is 0.969. The molecular weight excluding hydrogens is 318 g/mol. The summed E-state index contributed by atoms with van der Waals surface area (Å²) in [6.45, 7) is 3.27. The quantitative estimate of drug-likeness (QED) is 0.832. The molecule has 2 rings (SSSR count). The largest absolute Gasteiger partial charge is 0.478 e. The summed E-state index contributed by atoms with van der Waals surface area (Å²) in [5.74, 6) is -0.915. The topological polar surface area (TPSA) is 40.5 Å². The molecule has 1 aromatic carbocycles. The molecule has 1 aromatic rings. The number of aliphatic carboxylic acids is 1. The molecule has 0 amide bonds. The first-order chi connectivity index (χ1) is 9.61. The molecule has 1 aliphatic rings. The molecule has 3 nitrogen and oxygen atoms in total. The normalized spacial score (nSPS) is 19.5. The van der Waals surface area contributed by atoms with E-state index in [0.717, 1.165) is 28.7 Å². The molecule has 108 valence electrons. The molecule has 0 aromatic heterocycles. The van der Waals surface area contributed by atoms with Gasteiger partial charge in [0.15, 0.2) is 0 Å². The molecule has 1 heterocycles. The van der Waals surface area contributed by atoms with E-state index in [-0.39, 0.29) is 0 Å². The fourth-order valence-electron chi connectivity index (χ4n) is 2.82. The summed E-state index contributed by atoms with van der Waals surface area (Å²) in [4.78, 5) is 13.2. The predicted molar refractivity (Wildman–Crippen MR) is 86.1 cm³/mol. The Labute approximate surface area is 128 Å². The van der Waals surface area contributed by atoms with Gasteiger partial charge in [-0.05, 0) is 55.5 Å². The van der Waals surface area contributed by atoms with E-state index in [1.165, 1.54) is 25.3 Å². The Kier molecular flexibility index (Phi) is 5.24. The Morgan fingerprint density at radius 2 is 2.30 bits per heavy atom. The Hall–Kier alpha value is -1.29.